The predicted octanol–water partition coefficient (Wildman–Crippen LogP) is 2.09. The molecule has 0 amide bonds. The quantitative estimate of drug-likeness (QED) is 0.496. The number of fused-ring (bicyclic) bond motifs is 1. The molecular weight excluding hydrogens is 502 g/mol. The van der Waals surface area contributed by atoms with E-state index in [-0.39, 0.29) is 42.4 Å². The highest BCUT2D eigenvalue weighted by atomic mass is 32.2. The highest BCUT2D eigenvalue weighted by Crippen LogP contribution is 2.42. The predicted molar refractivity (Wildman–Crippen MR) is 130 cm³/mol. The summed E-state index contributed by atoms with van der Waals surface area (Å²) < 4.78 is 61.1. The average molecular weight is 522 g/mol. The maximum Gasteiger partial charge on any atom is 0.243 e. The second-order valence-electron chi connectivity index (χ2n) is 8.27. The summed E-state index contributed by atoms with van der Waals surface area (Å²) in [7, 11) is -7.85. The normalized spacial score (nSPS) is 16.2. The molecule has 0 saturated carbocycles. The van der Waals surface area contributed by atoms with Crippen molar-refractivity contribution in [2.45, 2.75) is 10.1 Å². The molecule has 12 heteroatoms. The van der Waals surface area contributed by atoms with Crippen LogP contribution in [0.15, 0.2) is 65.8 Å². The zero-order valence-corrected chi connectivity index (χ0v) is 20.4. The van der Waals surface area contributed by atoms with Crippen molar-refractivity contribution in [3.05, 3.63) is 72.1 Å². The number of nitriles is 2. The average Bonchev–Trinajstić information content (AvgIpc) is 2.86. The van der Waals surface area contributed by atoms with Gasteiger partial charge in [0.1, 0.15) is 17.5 Å². The number of hydrogen-bond donors (Lipinski definition) is 0. The van der Waals surface area contributed by atoms with Crippen molar-refractivity contribution in [2.75, 3.05) is 30.5 Å². The Labute approximate surface area is 208 Å². The molecule has 0 bridgehead atoms. The van der Waals surface area contributed by atoms with Crippen LogP contribution in [0.3, 0.4) is 0 Å². The van der Waals surface area contributed by atoms with Gasteiger partial charge in [0.15, 0.2) is 5.75 Å². The van der Waals surface area contributed by atoms with Crippen LogP contribution in [-0.4, -0.2) is 57.6 Å². The zero-order chi connectivity index (χ0) is 25.5. The Morgan fingerprint density at radius 3 is 2.36 bits per heavy atom. The van der Waals surface area contributed by atoms with Gasteiger partial charge in [0, 0.05) is 24.8 Å². The highest BCUT2D eigenvalue weighted by Gasteiger charge is 2.47. The van der Waals surface area contributed by atoms with Crippen molar-refractivity contribution in [2.24, 2.45) is 0 Å². The summed E-state index contributed by atoms with van der Waals surface area (Å²) in [6.45, 7) is -0.204. The minimum Gasteiger partial charge on any atom is -0.489 e. The van der Waals surface area contributed by atoms with Crippen LogP contribution in [0.5, 0.6) is 5.75 Å². The van der Waals surface area contributed by atoms with Gasteiger partial charge in [0.2, 0.25) is 20.0 Å². The van der Waals surface area contributed by atoms with E-state index in [9.17, 15) is 16.8 Å². The molecule has 1 aromatic heterocycles. The van der Waals surface area contributed by atoms with Crippen molar-refractivity contribution < 1.29 is 21.6 Å². The van der Waals surface area contributed by atoms with E-state index in [0.29, 0.717) is 16.9 Å². The van der Waals surface area contributed by atoms with Crippen LogP contribution in [0.25, 0.3) is 11.1 Å². The molecule has 5 rings (SSSR count). The van der Waals surface area contributed by atoms with E-state index in [2.05, 4.69) is 11.1 Å². The SMILES string of the molecule is N#Cc1ccc(-c2cncc3c2OCCN3S(=O)(=O)C2CN(S(=O)(=O)c3cccc(C#N)c3)C2)cc1. The lowest BCUT2D eigenvalue weighted by molar-refractivity contribution is 0.301. The van der Waals surface area contributed by atoms with Crippen LogP contribution in [0, 0.1) is 22.7 Å². The van der Waals surface area contributed by atoms with Gasteiger partial charge in [-0.2, -0.15) is 14.8 Å². The summed E-state index contributed by atoms with van der Waals surface area (Å²) >= 11 is 0. The fourth-order valence-corrected chi connectivity index (χ4v) is 7.75. The van der Waals surface area contributed by atoms with Gasteiger partial charge in [-0.25, -0.2) is 16.8 Å². The monoisotopic (exact) mass is 521 g/mol. The van der Waals surface area contributed by atoms with Crippen LogP contribution in [-0.2, 0) is 20.0 Å². The molecule has 3 aromatic rings. The molecule has 1 fully saturated rings. The fraction of sp³-hybridized carbons (Fsp3) is 0.208. The molecule has 10 nitrogen and oxygen atoms in total. The van der Waals surface area contributed by atoms with E-state index < -0.39 is 25.3 Å². The first kappa shape index (κ1) is 23.8. The Kier molecular flexibility index (Phi) is 5.88. The van der Waals surface area contributed by atoms with E-state index >= 15 is 0 Å². The van der Waals surface area contributed by atoms with E-state index in [1.165, 1.54) is 34.8 Å². The number of nitrogens with zero attached hydrogens (tertiary/aromatic N) is 5. The van der Waals surface area contributed by atoms with Crippen LogP contribution in [0.1, 0.15) is 11.1 Å². The lowest BCUT2D eigenvalue weighted by Gasteiger charge is -2.41. The van der Waals surface area contributed by atoms with Gasteiger partial charge < -0.3 is 4.74 Å². The lowest BCUT2D eigenvalue weighted by atomic mass is 10.0. The third-order valence-corrected chi connectivity index (χ3v) is 10.1. The van der Waals surface area contributed by atoms with Crippen molar-refractivity contribution in [3.63, 3.8) is 0 Å². The number of ether oxygens (including phenoxy) is 1. The third-order valence-electron chi connectivity index (χ3n) is 6.16. The molecule has 2 aromatic carbocycles. The summed E-state index contributed by atoms with van der Waals surface area (Å²) in [5.41, 5.74) is 2.29. The third kappa shape index (κ3) is 3.95. The molecule has 2 aliphatic heterocycles. The first-order chi connectivity index (χ1) is 17.3. The number of rotatable bonds is 5. The van der Waals surface area contributed by atoms with Gasteiger partial charge in [-0.05, 0) is 35.9 Å². The molecule has 0 radical (unpaired) electrons. The highest BCUT2D eigenvalue weighted by molar-refractivity contribution is 7.94. The van der Waals surface area contributed by atoms with Gasteiger partial charge in [0.25, 0.3) is 0 Å². The maximum atomic E-state index is 13.5. The lowest BCUT2D eigenvalue weighted by Crippen LogP contribution is -2.60. The summed E-state index contributed by atoms with van der Waals surface area (Å²) in [5.74, 6) is 0.363. The molecule has 0 aliphatic carbocycles. The first-order valence-corrected chi connectivity index (χ1v) is 13.8. The summed E-state index contributed by atoms with van der Waals surface area (Å²) in [6, 6.07) is 16.4. The Morgan fingerprint density at radius 2 is 1.67 bits per heavy atom. The number of sulfonamides is 2. The van der Waals surface area contributed by atoms with Gasteiger partial charge in [-0.3, -0.25) is 9.29 Å². The minimum absolute atomic E-state index is 0.0506. The summed E-state index contributed by atoms with van der Waals surface area (Å²) in [4.78, 5) is 4.16. The number of anilines is 1. The number of benzene rings is 2. The van der Waals surface area contributed by atoms with Gasteiger partial charge in [0.05, 0.1) is 40.9 Å². The second-order valence-corrected chi connectivity index (χ2v) is 12.3. The van der Waals surface area contributed by atoms with Crippen molar-refractivity contribution >= 4 is 25.7 Å². The van der Waals surface area contributed by atoms with Crippen LogP contribution in [0.4, 0.5) is 5.69 Å². The van der Waals surface area contributed by atoms with Crippen molar-refractivity contribution in [3.8, 4) is 29.0 Å². The topological polar surface area (TPSA) is 144 Å². The Morgan fingerprint density at radius 1 is 0.944 bits per heavy atom. The first-order valence-electron chi connectivity index (χ1n) is 10.9. The van der Waals surface area contributed by atoms with Crippen molar-refractivity contribution in [1.82, 2.24) is 9.29 Å². The van der Waals surface area contributed by atoms with Crippen LogP contribution >= 0.6 is 0 Å². The van der Waals surface area contributed by atoms with Crippen molar-refractivity contribution in [1.29, 1.82) is 10.5 Å². The molecule has 0 unspecified atom stereocenters. The van der Waals surface area contributed by atoms with E-state index in [1.807, 2.05) is 6.07 Å². The van der Waals surface area contributed by atoms with E-state index in [0.717, 1.165) is 9.87 Å². The molecule has 0 atom stereocenters. The fourth-order valence-electron chi connectivity index (χ4n) is 4.15. The summed E-state index contributed by atoms with van der Waals surface area (Å²) in [6.07, 6.45) is 2.99. The number of pyridine rings is 1. The van der Waals surface area contributed by atoms with Gasteiger partial charge >= 0.3 is 0 Å². The largest absolute Gasteiger partial charge is 0.489 e. The Bertz CT molecular complexity index is 1640. The molecule has 182 valence electrons. The zero-order valence-electron chi connectivity index (χ0n) is 18.8. The van der Waals surface area contributed by atoms with E-state index in [4.69, 9.17) is 15.3 Å². The van der Waals surface area contributed by atoms with Crippen LogP contribution in [0.2, 0.25) is 0 Å². The Hall–Kier alpha value is -3.97. The smallest absolute Gasteiger partial charge is 0.243 e. The maximum absolute atomic E-state index is 13.5. The minimum atomic E-state index is -3.93. The standard InChI is InChI=1S/C24H19N5O5S2/c25-11-17-4-6-19(7-5-17)22-13-27-14-23-24(22)34-9-8-29(23)36(32,33)21-15-28(16-21)35(30,31)20-3-1-2-18(10-20)12-26/h1-7,10,13-14,21H,8-9,15-16H2. The molecule has 0 N–H and O–H groups in total. The molecule has 2 aliphatic rings. The van der Waals surface area contributed by atoms with E-state index in [1.54, 1.807) is 30.5 Å². The molecule has 36 heavy (non-hydrogen) atoms. The molecule has 0 spiro atoms. The number of aromatic nitrogens is 1. The van der Waals surface area contributed by atoms with Gasteiger partial charge in [-0.15, -0.1) is 0 Å². The number of hydrogen-bond acceptors (Lipinski definition) is 8. The summed E-state index contributed by atoms with van der Waals surface area (Å²) in [5, 5.41) is 17.2. The Balaban J connectivity index is 1.40. The molecule has 3 heterocycles. The van der Waals surface area contributed by atoms with Gasteiger partial charge in [-0.1, -0.05) is 18.2 Å². The van der Waals surface area contributed by atoms with Crippen LogP contribution < -0.4 is 9.04 Å². The second kappa shape index (κ2) is 8.91. The molecular formula is C24H19N5O5S2. The molecule has 1 saturated heterocycles.